The molecule has 96 valence electrons. The molecule has 17 heavy (non-hydrogen) atoms. The number of benzene rings is 1. The van der Waals surface area contributed by atoms with Crippen molar-refractivity contribution in [3.8, 4) is 0 Å². The molecule has 0 saturated carbocycles. The Bertz CT molecular complexity index is 360. The van der Waals surface area contributed by atoms with Crippen molar-refractivity contribution < 1.29 is 9.47 Å². The van der Waals surface area contributed by atoms with E-state index in [0.717, 1.165) is 19.1 Å². The largest absolute Gasteiger partial charge is 0.376 e. The Hall–Kier alpha value is 0.380. The molecule has 0 aromatic heterocycles. The van der Waals surface area contributed by atoms with Crippen LogP contribution in [0.25, 0.3) is 0 Å². The molecule has 6 heteroatoms. The maximum atomic E-state index is 5.21. The van der Waals surface area contributed by atoms with Crippen LogP contribution in [-0.2, 0) is 9.47 Å². The van der Waals surface area contributed by atoms with Crippen LogP contribution in [-0.4, -0.2) is 26.6 Å². The van der Waals surface area contributed by atoms with Crippen LogP contribution >= 0.6 is 47.8 Å². The molecule has 1 unspecified atom stereocenters. The number of hydrogen-bond acceptors (Lipinski definition) is 3. The smallest absolute Gasteiger partial charge is 0.176 e. The third-order valence-electron chi connectivity index (χ3n) is 2.25. The second-order valence-electron chi connectivity index (χ2n) is 3.52. The summed E-state index contributed by atoms with van der Waals surface area (Å²) in [4.78, 5) is 0. The highest BCUT2D eigenvalue weighted by Crippen LogP contribution is 2.35. The van der Waals surface area contributed by atoms with Gasteiger partial charge in [-0.15, -0.1) is 0 Å². The first-order valence-electron chi connectivity index (χ1n) is 4.96. The Balaban J connectivity index is 2.88. The summed E-state index contributed by atoms with van der Waals surface area (Å²) < 4.78 is 13.4. The van der Waals surface area contributed by atoms with E-state index in [0.29, 0.717) is 0 Å². The van der Waals surface area contributed by atoms with Crippen LogP contribution in [0.1, 0.15) is 6.92 Å². The van der Waals surface area contributed by atoms with Crippen LogP contribution in [0, 0.1) is 0 Å². The maximum Gasteiger partial charge on any atom is 0.176 e. The molecule has 0 bridgehead atoms. The molecule has 1 aromatic carbocycles. The molecular formula is C11H14Br3NO2. The molecule has 1 atom stereocenters. The molecule has 0 spiro atoms. The number of halogens is 3. The highest BCUT2D eigenvalue weighted by Gasteiger charge is 2.18. The molecule has 1 N–H and O–H groups in total. The van der Waals surface area contributed by atoms with E-state index in [4.69, 9.17) is 9.47 Å². The zero-order chi connectivity index (χ0) is 13.0. The number of rotatable bonds is 5. The summed E-state index contributed by atoms with van der Waals surface area (Å²) in [5.74, 6) is 0. The standard InChI is InChI=1S/C11H14Br3NO2/c1-6(11(16-2)17-3)15-10-8(13)4-7(12)5-9(10)14/h4-6,11,15H,1-3H3. The molecular weight excluding hydrogens is 418 g/mol. The molecule has 0 amide bonds. The number of nitrogens with one attached hydrogen (secondary N) is 1. The number of hydrogen-bond donors (Lipinski definition) is 1. The van der Waals surface area contributed by atoms with Gasteiger partial charge in [0.25, 0.3) is 0 Å². The van der Waals surface area contributed by atoms with Gasteiger partial charge in [0.2, 0.25) is 0 Å². The van der Waals surface area contributed by atoms with E-state index < -0.39 is 0 Å². The normalized spacial score (nSPS) is 12.9. The first kappa shape index (κ1) is 15.4. The van der Waals surface area contributed by atoms with Crippen LogP contribution < -0.4 is 5.32 Å². The van der Waals surface area contributed by atoms with Crippen LogP contribution in [0.5, 0.6) is 0 Å². The van der Waals surface area contributed by atoms with E-state index in [9.17, 15) is 0 Å². The highest BCUT2D eigenvalue weighted by molar-refractivity contribution is 9.11. The molecule has 0 saturated heterocycles. The van der Waals surface area contributed by atoms with E-state index in [-0.39, 0.29) is 12.3 Å². The first-order chi connectivity index (χ1) is 7.99. The number of methoxy groups -OCH3 is 2. The van der Waals surface area contributed by atoms with Gasteiger partial charge in [-0.3, -0.25) is 0 Å². The van der Waals surface area contributed by atoms with Gasteiger partial charge in [0.05, 0.1) is 11.7 Å². The second kappa shape index (κ2) is 7.09. The van der Waals surface area contributed by atoms with Gasteiger partial charge in [0.15, 0.2) is 6.29 Å². The van der Waals surface area contributed by atoms with Gasteiger partial charge >= 0.3 is 0 Å². The lowest BCUT2D eigenvalue weighted by atomic mass is 10.2. The fourth-order valence-electron chi connectivity index (χ4n) is 1.48. The predicted octanol–water partition coefficient (Wildman–Crippen LogP) is 4.39. The van der Waals surface area contributed by atoms with Crippen LogP contribution in [0.4, 0.5) is 5.69 Å². The summed E-state index contributed by atoms with van der Waals surface area (Å²) >= 11 is 10.5. The molecule has 0 heterocycles. The van der Waals surface area contributed by atoms with Crippen LogP contribution in [0.2, 0.25) is 0 Å². The monoisotopic (exact) mass is 429 g/mol. The predicted molar refractivity (Wildman–Crippen MR) is 80.4 cm³/mol. The summed E-state index contributed by atoms with van der Waals surface area (Å²) in [5, 5.41) is 3.34. The Morgan fingerprint density at radius 1 is 1.06 bits per heavy atom. The second-order valence-corrected chi connectivity index (χ2v) is 6.14. The molecule has 3 nitrogen and oxygen atoms in total. The third-order valence-corrected chi connectivity index (χ3v) is 3.96. The van der Waals surface area contributed by atoms with Crippen molar-refractivity contribution in [2.24, 2.45) is 0 Å². The van der Waals surface area contributed by atoms with Gasteiger partial charge in [0.1, 0.15) is 0 Å². The lowest BCUT2D eigenvalue weighted by Crippen LogP contribution is -2.34. The van der Waals surface area contributed by atoms with Crippen molar-refractivity contribution >= 4 is 53.5 Å². The van der Waals surface area contributed by atoms with E-state index in [1.165, 1.54) is 0 Å². The minimum atomic E-state index is -0.294. The number of anilines is 1. The van der Waals surface area contributed by atoms with E-state index >= 15 is 0 Å². The van der Waals surface area contributed by atoms with Gasteiger partial charge in [0, 0.05) is 27.6 Å². The van der Waals surface area contributed by atoms with Gasteiger partial charge in [-0.05, 0) is 50.9 Å². The summed E-state index contributed by atoms with van der Waals surface area (Å²) in [7, 11) is 3.25. The fourth-order valence-corrected chi connectivity index (χ4v) is 3.97. The van der Waals surface area contributed by atoms with Crippen molar-refractivity contribution in [3.63, 3.8) is 0 Å². The molecule has 1 aromatic rings. The number of ether oxygens (including phenoxy) is 2. The summed E-state index contributed by atoms with van der Waals surface area (Å²) in [6.45, 7) is 2.00. The van der Waals surface area contributed by atoms with Crippen molar-refractivity contribution in [1.82, 2.24) is 0 Å². The fraction of sp³-hybridized carbons (Fsp3) is 0.455. The summed E-state index contributed by atoms with van der Waals surface area (Å²) in [6.07, 6.45) is -0.294. The van der Waals surface area contributed by atoms with Crippen molar-refractivity contribution in [2.75, 3.05) is 19.5 Å². The lowest BCUT2D eigenvalue weighted by Gasteiger charge is -2.24. The van der Waals surface area contributed by atoms with Gasteiger partial charge < -0.3 is 14.8 Å². The Labute approximate surface area is 127 Å². The quantitative estimate of drug-likeness (QED) is 0.701. The molecule has 1 rings (SSSR count). The molecule has 0 radical (unpaired) electrons. The molecule has 0 aliphatic heterocycles. The first-order valence-corrected chi connectivity index (χ1v) is 7.34. The Morgan fingerprint density at radius 2 is 1.53 bits per heavy atom. The van der Waals surface area contributed by atoms with Crippen molar-refractivity contribution in [2.45, 2.75) is 19.3 Å². The summed E-state index contributed by atoms with van der Waals surface area (Å²) in [6, 6.07) is 3.99. The van der Waals surface area contributed by atoms with E-state index in [1.54, 1.807) is 14.2 Å². The van der Waals surface area contributed by atoms with Crippen LogP contribution in [0.15, 0.2) is 25.6 Å². The van der Waals surface area contributed by atoms with Gasteiger partial charge in [-0.1, -0.05) is 15.9 Å². The Kier molecular flexibility index (Phi) is 6.44. The average Bonchev–Trinajstić information content (AvgIpc) is 2.25. The van der Waals surface area contributed by atoms with Crippen molar-refractivity contribution in [3.05, 3.63) is 25.6 Å². The van der Waals surface area contributed by atoms with Gasteiger partial charge in [-0.2, -0.15) is 0 Å². The summed E-state index contributed by atoms with van der Waals surface area (Å²) in [5.41, 5.74) is 0.972. The van der Waals surface area contributed by atoms with Gasteiger partial charge in [-0.25, -0.2) is 0 Å². The van der Waals surface area contributed by atoms with E-state index in [1.807, 2.05) is 19.1 Å². The SMILES string of the molecule is COC(OC)C(C)Nc1c(Br)cc(Br)cc1Br. The minimum Gasteiger partial charge on any atom is -0.376 e. The molecule has 0 aliphatic carbocycles. The molecule has 0 aliphatic rings. The van der Waals surface area contributed by atoms with E-state index in [2.05, 4.69) is 53.1 Å². The zero-order valence-electron chi connectivity index (χ0n) is 9.76. The van der Waals surface area contributed by atoms with Crippen LogP contribution in [0.3, 0.4) is 0 Å². The Morgan fingerprint density at radius 3 is 1.94 bits per heavy atom. The highest BCUT2D eigenvalue weighted by atomic mass is 79.9. The maximum absolute atomic E-state index is 5.21. The molecule has 0 fully saturated rings. The average molecular weight is 432 g/mol. The topological polar surface area (TPSA) is 30.5 Å². The van der Waals surface area contributed by atoms with Crippen molar-refractivity contribution in [1.29, 1.82) is 0 Å². The minimum absolute atomic E-state index is 0.0266. The third kappa shape index (κ3) is 4.21. The zero-order valence-corrected chi connectivity index (χ0v) is 14.5. The lowest BCUT2D eigenvalue weighted by molar-refractivity contribution is -0.109.